The van der Waals surface area contributed by atoms with E-state index in [9.17, 15) is 14.7 Å². The number of carbonyl (C=O) groups is 2. The van der Waals surface area contributed by atoms with Gasteiger partial charge in [-0.15, -0.1) is 4.65 Å². The Morgan fingerprint density at radius 1 is 0.880 bits per heavy atom. The second-order valence-electron chi connectivity index (χ2n) is 8.86. The third-order valence-electron chi connectivity index (χ3n) is 6.18. The molecule has 0 amide bonds. The molecule has 0 saturated carbocycles. The van der Waals surface area contributed by atoms with Crippen LogP contribution < -0.4 is 5.11 Å². The van der Waals surface area contributed by atoms with Crippen LogP contribution in [-0.2, 0) is 14.4 Å². The average molecular weight is 356 g/mol. The van der Waals surface area contributed by atoms with E-state index in [4.69, 9.17) is 4.84 Å². The minimum Gasteiger partial charge on any atom is -0.550 e. The summed E-state index contributed by atoms with van der Waals surface area (Å²) in [6.45, 7) is 8.75. The lowest BCUT2D eigenvalue weighted by Gasteiger charge is -2.55. The monoisotopic (exact) mass is 355 g/mol. The summed E-state index contributed by atoms with van der Waals surface area (Å²) >= 11 is 0. The van der Waals surface area contributed by atoms with Gasteiger partial charge in [0, 0.05) is 18.8 Å². The molecule has 0 spiro atoms. The molecule has 1 rings (SSSR count). The number of aliphatic carboxylic acids is 1. The van der Waals surface area contributed by atoms with Crippen LogP contribution in [-0.4, -0.2) is 34.7 Å². The number of likely N-dealkylation sites (tertiary alicyclic amines) is 1. The van der Waals surface area contributed by atoms with E-state index in [0.29, 0.717) is 17.5 Å². The van der Waals surface area contributed by atoms with Gasteiger partial charge in [-0.05, 0) is 53.4 Å². The fourth-order valence-corrected chi connectivity index (χ4v) is 3.94. The number of hydroxylamine groups is 3. The fourth-order valence-electron chi connectivity index (χ4n) is 3.94. The predicted molar refractivity (Wildman–Crippen MR) is 96.2 cm³/mol. The summed E-state index contributed by atoms with van der Waals surface area (Å²) in [6, 6.07) is 0. The van der Waals surface area contributed by atoms with Crippen molar-refractivity contribution in [1.29, 1.82) is 0 Å². The van der Waals surface area contributed by atoms with Crippen molar-refractivity contribution < 1.29 is 24.2 Å². The van der Waals surface area contributed by atoms with Crippen molar-refractivity contribution in [1.82, 2.24) is 0 Å². The van der Waals surface area contributed by atoms with Gasteiger partial charge in [0.15, 0.2) is 0 Å². The van der Waals surface area contributed by atoms with E-state index in [1.54, 1.807) is 0 Å². The van der Waals surface area contributed by atoms with Gasteiger partial charge < -0.3 is 9.90 Å². The molecule has 0 unspecified atom stereocenters. The lowest BCUT2D eigenvalue weighted by Crippen LogP contribution is -2.71. The zero-order valence-corrected chi connectivity index (χ0v) is 16.9. The van der Waals surface area contributed by atoms with Crippen molar-refractivity contribution in [2.24, 2.45) is 0 Å². The molecule has 1 saturated heterocycles. The van der Waals surface area contributed by atoms with E-state index in [0.717, 1.165) is 44.9 Å². The van der Waals surface area contributed by atoms with Gasteiger partial charge in [0.2, 0.25) is 0 Å². The number of hydrogen-bond acceptors (Lipinski definition) is 4. The standard InChI is InChI=1S/C20H37NO4/c1-19(2)15-12-16-20(3,4)21(19,5)25-18(24)14-11-9-7-6-8-10-13-17(22)23/h6-16H2,1-5H3. The zero-order chi connectivity index (χ0) is 19.1. The minimum atomic E-state index is -0.970. The molecule has 1 heterocycles. The molecule has 0 aromatic heterocycles. The van der Waals surface area contributed by atoms with Crippen molar-refractivity contribution in [3.8, 4) is 0 Å². The Morgan fingerprint density at radius 3 is 1.80 bits per heavy atom. The van der Waals surface area contributed by atoms with E-state index in [2.05, 4.69) is 27.7 Å². The Labute approximate surface area is 153 Å². The predicted octanol–water partition coefficient (Wildman–Crippen LogP) is 3.50. The second kappa shape index (κ2) is 9.02. The van der Waals surface area contributed by atoms with Crippen LogP contribution in [0.2, 0.25) is 0 Å². The molecular weight excluding hydrogens is 318 g/mol. The van der Waals surface area contributed by atoms with Gasteiger partial charge in [0.1, 0.15) is 18.1 Å². The van der Waals surface area contributed by atoms with Crippen LogP contribution in [0.3, 0.4) is 0 Å². The Bertz CT molecular complexity index is 441. The molecule has 0 bridgehead atoms. The maximum atomic E-state index is 12.4. The Kier molecular flexibility index (Phi) is 7.91. The minimum absolute atomic E-state index is 0.0730. The first-order valence-electron chi connectivity index (χ1n) is 9.81. The first kappa shape index (κ1) is 21.9. The van der Waals surface area contributed by atoms with Crippen molar-refractivity contribution in [2.75, 3.05) is 7.05 Å². The van der Waals surface area contributed by atoms with Gasteiger partial charge in [0.05, 0.1) is 6.42 Å². The van der Waals surface area contributed by atoms with Gasteiger partial charge in [-0.1, -0.05) is 25.7 Å². The molecule has 0 N–H and O–H groups in total. The molecule has 1 aliphatic heterocycles. The summed E-state index contributed by atoms with van der Waals surface area (Å²) in [4.78, 5) is 28.7. The average Bonchev–Trinajstić information content (AvgIpc) is 2.47. The highest BCUT2D eigenvalue weighted by molar-refractivity contribution is 5.68. The molecule has 25 heavy (non-hydrogen) atoms. The number of nitrogens with zero attached hydrogens (tertiary/aromatic N) is 1. The molecular formula is C20H37NO4. The van der Waals surface area contributed by atoms with Gasteiger partial charge in [-0.25, -0.2) is 4.79 Å². The largest absolute Gasteiger partial charge is 0.550 e. The van der Waals surface area contributed by atoms with Gasteiger partial charge in [-0.3, -0.25) is 4.84 Å². The third kappa shape index (κ3) is 5.98. The first-order chi connectivity index (χ1) is 11.5. The van der Waals surface area contributed by atoms with E-state index in [1.807, 2.05) is 7.05 Å². The number of carbonyl (C=O) groups excluding carboxylic acids is 2. The molecule has 5 heteroatoms. The number of quaternary nitrogens is 1. The lowest BCUT2D eigenvalue weighted by molar-refractivity contribution is -1.15. The number of hydrogen-bond donors (Lipinski definition) is 0. The summed E-state index contributed by atoms with van der Waals surface area (Å²) in [6.07, 6.45) is 9.35. The lowest BCUT2D eigenvalue weighted by atomic mass is 9.79. The maximum absolute atomic E-state index is 12.4. The van der Waals surface area contributed by atoms with E-state index in [-0.39, 0.29) is 23.5 Å². The molecule has 5 nitrogen and oxygen atoms in total. The normalized spacial score (nSPS) is 20.8. The highest BCUT2D eigenvalue weighted by Crippen LogP contribution is 2.44. The van der Waals surface area contributed by atoms with Crippen LogP contribution in [0.25, 0.3) is 0 Å². The summed E-state index contributed by atoms with van der Waals surface area (Å²) in [5, 5.41) is 10.3. The molecule has 0 aliphatic carbocycles. The fraction of sp³-hybridized carbons (Fsp3) is 0.900. The molecule has 0 aromatic rings. The van der Waals surface area contributed by atoms with Gasteiger partial charge in [-0.2, -0.15) is 0 Å². The van der Waals surface area contributed by atoms with Crippen LogP contribution in [0.5, 0.6) is 0 Å². The van der Waals surface area contributed by atoms with Gasteiger partial charge >= 0.3 is 5.97 Å². The van der Waals surface area contributed by atoms with Crippen molar-refractivity contribution >= 4 is 11.9 Å². The third-order valence-corrected chi connectivity index (χ3v) is 6.18. The van der Waals surface area contributed by atoms with Crippen LogP contribution in [0.1, 0.15) is 98.3 Å². The summed E-state index contributed by atoms with van der Waals surface area (Å²) in [7, 11) is 2.05. The number of carboxylic acids is 1. The van der Waals surface area contributed by atoms with E-state index >= 15 is 0 Å². The molecule has 0 aromatic carbocycles. The van der Waals surface area contributed by atoms with E-state index in [1.165, 1.54) is 6.42 Å². The highest BCUT2D eigenvalue weighted by Gasteiger charge is 2.57. The summed E-state index contributed by atoms with van der Waals surface area (Å²) < 4.78 is 0.349. The summed E-state index contributed by atoms with van der Waals surface area (Å²) in [5.41, 5.74) is -0.146. The van der Waals surface area contributed by atoms with Crippen LogP contribution >= 0.6 is 0 Å². The topological polar surface area (TPSA) is 66.4 Å². The summed E-state index contributed by atoms with van der Waals surface area (Å²) in [5.74, 6) is -1.08. The Hall–Kier alpha value is -1.10. The van der Waals surface area contributed by atoms with Gasteiger partial charge in [0.25, 0.3) is 0 Å². The Balaban J connectivity index is 2.32. The molecule has 1 fully saturated rings. The first-order valence-corrected chi connectivity index (χ1v) is 9.81. The van der Waals surface area contributed by atoms with Crippen LogP contribution in [0.4, 0.5) is 0 Å². The quantitative estimate of drug-likeness (QED) is 0.444. The molecule has 0 atom stereocenters. The number of carboxylic acid groups (broad SMARTS) is 1. The SMILES string of the molecule is CC1(C)CCCC(C)(C)[N+]1(C)OC(=O)CCCCCCCCC(=O)[O-]. The number of unbranched alkanes of at least 4 members (excludes halogenated alkanes) is 5. The molecule has 146 valence electrons. The second-order valence-corrected chi connectivity index (χ2v) is 8.86. The van der Waals surface area contributed by atoms with Crippen molar-refractivity contribution in [3.05, 3.63) is 0 Å². The smallest absolute Gasteiger partial charge is 0.366 e. The van der Waals surface area contributed by atoms with Crippen LogP contribution in [0.15, 0.2) is 0 Å². The highest BCUT2D eigenvalue weighted by atomic mass is 16.8. The van der Waals surface area contributed by atoms with E-state index < -0.39 is 5.97 Å². The number of piperidine rings is 1. The van der Waals surface area contributed by atoms with Crippen molar-refractivity contribution in [3.63, 3.8) is 0 Å². The maximum Gasteiger partial charge on any atom is 0.366 e. The molecule has 0 radical (unpaired) electrons. The zero-order valence-electron chi connectivity index (χ0n) is 16.9. The molecule has 1 aliphatic rings. The number of rotatable bonds is 10. The Morgan fingerprint density at radius 2 is 1.32 bits per heavy atom. The van der Waals surface area contributed by atoms with Crippen LogP contribution in [0, 0.1) is 0 Å². The van der Waals surface area contributed by atoms with Crippen molar-refractivity contribution in [2.45, 2.75) is 109 Å².